The van der Waals surface area contributed by atoms with Gasteiger partial charge in [-0.2, -0.15) is 0 Å². The third kappa shape index (κ3) is 3.31. The number of H-pyrrole nitrogens is 1. The maximum atomic E-state index is 12.1. The minimum Gasteiger partial charge on any atom is -0.315 e. The first-order valence-corrected chi connectivity index (χ1v) is 7.93. The molecule has 0 aliphatic heterocycles. The Labute approximate surface area is 115 Å². The summed E-state index contributed by atoms with van der Waals surface area (Å²) in [6.45, 7) is 3.72. The summed E-state index contributed by atoms with van der Waals surface area (Å²) in [4.78, 5) is 13.2. The standard InChI is InChI=1S/C12H14N2O3S2/c1-8-4-3-5-10(6-8)7-13-19(16,17)11-9(2)14-12(15)18-11/h3-6,13H,7H2,1-2H3,(H,14,15). The molecule has 0 aliphatic carbocycles. The zero-order valence-corrected chi connectivity index (χ0v) is 12.2. The van der Waals surface area contributed by atoms with Crippen LogP contribution in [0.1, 0.15) is 16.8 Å². The quantitative estimate of drug-likeness (QED) is 0.898. The molecular formula is C12H14N2O3S2. The van der Waals surface area contributed by atoms with Gasteiger partial charge in [0.15, 0.2) is 4.21 Å². The lowest BCUT2D eigenvalue weighted by molar-refractivity contribution is 0.582. The van der Waals surface area contributed by atoms with Crippen molar-refractivity contribution in [1.29, 1.82) is 0 Å². The Hall–Kier alpha value is -1.44. The number of aryl methyl sites for hydroxylation is 2. The average Bonchev–Trinajstić information content (AvgIpc) is 2.67. The molecule has 5 nitrogen and oxygen atoms in total. The maximum absolute atomic E-state index is 12.1. The van der Waals surface area contributed by atoms with Gasteiger partial charge in [0, 0.05) is 12.2 Å². The van der Waals surface area contributed by atoms with Gasteiger partial charge in [0.25, 0.3) is 10.0 Å². The lowest BCUT2D eigenvalue weighted by Crippen LogP contribution is -2.23. The van der Waals surface area contributed by atoms with E-state index in [2.05, 4.69) is 9.71 Å². The zero-order valence-electron chi connectivity index (χ0n) is 10.6. The number of hydrogen-bond donors (Lipinski definition) is 2. The van der Waals surface area contributed by atoms with Gasteiger partial charge in [0.05, 0.1) is 0 Å². The van der Waals surface area contributed by atoms with Crippen molar-refractivity contribution < 1.29 is 8.42 Å². The Balaban J connectivity index is 2.19. The first-order chi connectivity index (χ1) is 8.88. The summed E-state index contributed by atoms with van der Waals surface area (Å²) >= 11 is 0.698. The molecular weight excluding hydrogens is 284 g/mol. The van der Waals surface area contributed by atoms with Crippen LogP contribution >= 0.6 is 11.3 Å². The molecule has 0 saturated heterocycles. The minimum absolute atomic E-state index is 0.0464. The number of aromatic nitrogens is 1. The van der Waals surface area contributed by atoms with Gasteiger partial charge in [-0.05, 0) is 19.4 Å². The molecule has 0 spiro atoms. The molecule has 0 unspecified atom stereocenters. The van der Waals surface area contributed by atoms with Crippen molar-refractivity contribution in [3.8, 4) is 0 Å². The molecule has 7 heteroatoms. The molecule has 0 fully saturated rings. The highest BCUT2D eigenvalue weighted by Gasteiger charge is 2.19. The van der Waals surface area contributed by atoms with E-state index in [4.69, 9.17) is 0 Å². The summed E-state index contributed by atoms with van der Waals surface area (Å²) in [7, 11) is -3.64. The third-order valence-electron chi connectivity index (χ3n) is 2.57. The van der Waals surface area contributed by atoms with Gasteiger partial charge < -0.3 is 4.98 Å². The van der Waals surface area contributed by atoms with Crippen molar-refractivity contribution in [1.82, 2.24) is 9.71 Å². The Kier molecular flexibility index (Phi) is 3.88. The SMILES string of the molecule is Cc1cccc(CNS(=O)(=O)c2sc(=O)[nH]c2C)c1. The molecule has 1 aromatic heterocycles. The van der Waals surface area contributed by atoms with E-state index in [0.717, 1.165) is 11.1 Å². The van der Waals surface area contributed by atoms with Crippen LogP contribution in [0.3, 0.4) is 0 Å². The van der Waals surface area contributed by atoms with E-state index >= 15 is 0 Å². The van der Waals surface area contributed by atoms with Crippen molar-refractivity contribution in [2.75, 3.05) is 0 Å². The Morgan fingerprint density at radius 1 is 1.32 bits per heavy atom. The molecule has 0 bridgehead atoms. The topological polar surface area (TPSA) is 79.0 Å². The number of nitrogens with one attached hydrogen (secondary N) is 2. The molecule has 19 heavy (non-hydrogen) atoms. The van der Waals surface area contributed by atoms with Crippen LogP contribution in [0.2, 0.25) is 0 Å². The van der Waals surface area contributed by atoms with Crippen molar-refractivity contribution >= 4 is 21.4 Å². The van der Waals surface area contributed by atoms with Gasteiger partial charge in [-0.1, -0.05) is 41.2 Å². The van der Waals surface area contributed by atoms with Crippen LogP contribution in [0.25, 0.3) is 0 Å². The van der Waals surface area contributed by atoms with Crippen LogP contribution < -0.4 is 9.60 Å². The summed E-state index contributed by atoms with van der Waals surface area (Å²) < 4.78 is 26.7. The first-order valence-electron chi connectivity index (χ1n) is 5.63. The highest BCUT2D eigenvalue weighted by Crippen LogP contribution is 2.16. The number of aromatic amines is 1. The van der Waals surface area contributed by atoms with Gasteiger partial charge >= 0.3 is 4.87 Å². The predicted octanol–water partition coefficient (Wildman–Crippen LogP) is 1.53. The van der Waals surface area contributed by atoms with Crippen LogP contribution in [0.5, 0.6) is 0 Å². The number of rotatable bonds is 4. The molecule has 0 amide bonds. The number of thiazole rings is 1. The summed E-state index contributed by atoms with van der Waals surface area (Å²) in [5.74, 6) is 0. The van der Waals surface area contributed by atoms with E-state index in [1.165, 1.54) is 0 Å². The zero-order chi connectivity index (χ0) is 14.0. The summed E-state index contributed by atoms with van der Waals surface area (Å²) in [6, 6.07) is 7.58. The van der Waals surface area contributed by atoms with Crippen LogP contribution in [-0.4, -0.2) is 13.4 Å². The van der Waals surface area contributed by atoms with E-state index in [1.54, 1.807) is 6.92 Å². The van der Waals surface area contributed by atoms with Crippen LogP contribution in [0, 0.1) is 13.8 Å². The number of sulfonamides is 1. The number of benzene rings is 1. The molecule has 0 atom stereocenters. The summed E-state index contributed by atoms with van der Waals surface area (Å²) in [5.41, 5.74) is 2.31. The second-order valence-corrected chi connectivity index (χ2v) is 7.19. The Morgan fingerprint density at radius 3 is 2.63 bits per heavy atom. The molecule has 1 aromatic carbocycles. The van der Waals surface area contributed by atoms with Crippen molar-refractivity contribution in [2.45, 2.75) is 24.6 Å². The van der Waals surface area contributed by atoms with Gasteiger partial charge in [-0.3, -0.25) is 4.79 Å². The Morgan fingerprint density at radius 2 is 2.05 bits per heavy atom. The lowest BCUT2D eigenvalue weighted by Gasteiger charge is -2.06. The third-order valence-corrected chi connectivity index (χ3v) is 5.58. The van der Waals surface area contributed by atoms with Gasteiger partial charge in [-0.25, -0.2) is 13.1 Å². The average molecular weight is 298 g/mol. The second-order valence-electron chi connectivity index (χ2n) is 4.24. The fourth-order valence-electron chi connectivity index (χ4n) is 1.71. The highest BCUT2D eigenvalue weighted by molar-refractivity contribution is 7.91. The van der Waals surface area contributed by atoms with Crippen molar-refractivity contribution in [3.05, 3.63) is 50.8 Å². The van der Waals surface area contributed by atoms with Crippen molar-refractivity contribution in [2.24, 2.45) is 0 Å². The van der Waals surface area contributed by atoms with Crippen LogP contribution in [0.4, 0.5) is 0 Å². The molecule has 2 N–H and O–H groups in total. The molecule has 0 saturated carbocycles. The molecule has 0 radical (unpaired) electrons. The minimum atomic E-state index is -3.64. The van der Waals surface area contributed by atoms with E-state index in [0.29, 0.717) is 17.0 Å². The Bertz CT molecular complexity index is 744. The van der Waals surface area contributed by atoms with E-state index in [-0.39, 0.29) is 15.6 Å². The molecule has 0 aliphatic rings. The van der Waals surface area contributed by atoms with Gasteiger partial charge in [-0.15, -0.1) is 0 Å². The normalized spacial score (nSPS) is 11.7. The maximum Gasteiger partial charge on any atom is 0.305 e. The smallest absolute Gasteiger partial charge is 0.305 e. The predicted molar refractivity (Wildman–Crippen MR) is 74.9 cm³/mol. The van der Waals surface area contributed by atoms with E-state index in [1.807, 2.05) is 31.2 Å². The first kappa shape index (κ1) is 14.0. The lowest BCUT2D eigenvalue weighted by atomic mass is 10.1. The van der Waals surface area contributed by atoms with Crippen LogP contribution in [0.15, 0.2) is 33.3 Å². The van der Waals surface area contributed by atoms with E-state index < -0.39 is 10.0 Å². The highest BCUT2D eigenvalue weighted by atomic mass is 32.2. The van der Waals surface area contributed by atoms with Gasteiger partial charge in [0.2, 0.25) is 0 Å². The molecule has 102 valence electrons. The van der Waals surface area contributed by atoms with Crippen molar-refractivity contribution in [3.63, 3.8) is 0 Å². The monoisotopic (exact) mass is 298 g/mol. The summed E-state index contributed by atoms with van der Waals surface area (Å²) in [6.07, 6.45) is 0. The summed E-state index contributed by atoms with van der Waals surface area (Å²) in [5, 5.41) is 0. The molecule has 2 aromatic rings. The van der Waals surface area contributed by atoms with Gasteiger partial charge in [0.1, 0.15) is 0 Å². The largest absolute Gasteiger partial charge is 0.315 e. The van der Waals surface area contributed by atoms with Crippen LogP contribution in [-0.2, 0) is 16.6 Å². The fourth-order valence-corrected chi connectivity index (χ4v) is 4.07. The second kappa shape index (κ2) is 5.28. The fraction of sp³-hybridized carbons (Fsp3) is 0.250. The molecule has 2 rings (SSSR count). The number of hydrogen-bond acceptors (Lipinski definition) is 4. The molecule has 1 heterocycles. The van der Waals surface area contributed by atoms with E-state index in [9.17, 15) is 13.2 Å².